The molecule has 30 heavy (non-hydrogen) atoms. The molecular formula is C15H15N11O4. The molecule has 0 spiro atoms. The summed E-state index contributed by atoms with van der Waals surface area (Å²) in [6.45, 7) is 0. The fraction of sp³-hybridized carbons (Fsp3) is 0.200. The van der Waals surface area contributed by atoms with Crippen molar-refractivity contribution in [3.63, 3.8) is 0 Å². The topological polar surface area (TPSA) is 239 Å². The number of imidazole rings is 2. The average Bonchev–Trinajstić information content (AvgIpc) is 3.36. The van der Waals surface area contributed by atoms with Crippen LogP contribution in [0.3, 0.4) is 0 Å². The molecule has 154 valence electrons. The second kappa shape index (κ2) is 6.89. The second-order valence-electron chi connectivity index (χ2n) is 6.30. The van der Waals surface area contributed by atoms with Gasteiger partial charge in [0.05, 0.1) is 18.7 Å². The van der Waals surface area contributed by atoms with Gasteiger partial charge in [0.25, 0.3) is 5.91 Å². The number of aromatic nitrogens is 8. The summed E-state index contributed by atoms with van der Waals surface area (Å²) >= 11 is 0. The molecule has 0 aromatic carbocycles. The third-order valence-electron chi connectivity index (χ3n) is 4.44. The van der Waals surface area contributed by atoms with Gasteiger partial charge in [0, 0.05) is 6.42 Å². The summed E-state index contributed by atoms with van der Waals surface area (Å²) in [6, 6.07) is -1.18. The quantitative estimate of drug-likeness (QED) is 0.240. The molecule has 1 unspecified atom stereocenters. The summed E-state index contributed by atoms with van der Waals surface area (Å²) in [4.78, 5) is 69.1. The van der Waals surface area contributed by atoms with Crippen molar-refractivity contribution in [2.75, 3.05) is 11.5 Å². The number of nitrogen functional groups attached to an aromatic ring is 2. The van der Waals surface area contributed by atoms with E-state index < -0.39 is 29.0 Å². The Morgan fingerprint density at radius 3 is 2.00 bits per heavy atom. The van der Waals surface area contributed by atoms with Crippen molar-refractivity contribution in [2.45, 2.75) is 18.9 Å². The molecule has 0 aliphatic heterocycles. The molecule has 0 saturated carbocycles. The van der Waals surface area contributed by atoms with Gasteiger partial charge in [-0.25, -0.2) is 19.1 Å². The molecule has 8 N–H and O–H groups in total. The highest BCUT2D eigenvalue weighted by Gasteiger charge is 2.24. The van der Waals surface area contributed by atoms with Crippen molar-refractivity contribution >= 4 is 46.0 Å². The fourth-order valence-corrected chi connectivity index (χ4v) is 3.01. The molecule has 1 atom stereocenters. The van der Waals surface area contributed by atoms with Crippen LogP contribution in [0.4, 0.5) is 11.9 Å². The van der Waals surface area contributed by atoms with Crippen molar-refractivity contribution in [1.82, 2.24) is 39.0 Å². The van der Waals surface area contributed by atoms with Gasteiger partial charge in [-0.15, -0.1) is 0 Å². The van der Waals surface area contributed by atoms with Gasteiger partial charge in [-0.05, 0) is 6.42 Å². The Morgan fingerprint density at radius 1 is 0.933 bits per heavy atom. The molecule has 0 aliphatic rings. The first-order chi connectivity index (χ1) is 14.3. The Balaban J connectivity index is 1.58. The third kappa shape index (κ3) is 2.89. The highest BCUT2D eigenvalue weighted by Crippen LogP contribution is 2.13. The number of hydrogen-bond acceptors (Lipinski definition) is 11. The van der Waals surface area contributed by atoms with Crippen LogP contribution in [0.5, 0.6) is 0 Å². The third-order valence-corrected chi connectivity index (χ3v) is 4.44. The lowest BCUT2D eigenvalue weighted by Crippen LogP contribution is -2.38. The molecular weight excluding hydrogens is 398 g/mol. The minimum Gasteiger partial charge on any atom is -0.369 e. The van der Waals surface area contributed by atoms with Crippen LogP contribution in [0.15, 0.2) is 22.2 Å². The van der Waals surface area contributed by atoms with Crippen LogP contribution < -0.4 is 28.3 Å². The smallest absolute Gasteiger partial charge is 0.300 e. The predicted molar refractivity (Wildman–Crippen MR) is 104 cm³/mol. The van der Waals surface area contributed by atoms with Crippen LogP contribution in [0.1, 0.15) is 22.4 Å². The van der Waals surface area contributed by atoms with Crippen LogP contribution >= 0.6 is 0 Å². The molecule has 4 aromatic heterocycles. The molecule has 0 amide bonds. The summed E-state index contributed by atoms with van der Waals surface area (Å²) in [7, 11) is 0. The lowest BCUT2D eigenvalue weighted by atomic mass is 10.1. The maximum atomic E-state index is 12.8. The zero-order valence-corrected chi connectivity index (χ0v) is 15.2. The number of nitrogens with one attached hydrogen (secondary N) is 2. The van der Waals surface area contributed by atoms with Crippen LogP contribution in [0.25, 0.3) is 22.3 Å². The summed E-state index contributed by atoms with van der Waals surface area (Å²) in [5, 5.41) is 0. The van der Waals surface area contributed by atoms with Crippen LogP contribution in [0.2, 0.25) is 0 Å². The Kier molecular flexibility index (Phi) is 4.35. The first-order valence-corrected chi connectivity index (χ1v) is 8.55. The van der Waals surface area contributed by atoms with E-state index >= 15 is 0 Å². The Hall–Kier alpha value is -4.40. The number of rotatable bonds is 4. The molecule has 4 rings (SSSR count). The number of fused-ring (bicyclic) bond motifs is 2. The zero-order chi connectivity index (χ0) is 21.6. The largest absolute Gasteiger partial charge is 0.369 e. The lowest BCUT2D eigenvalue weighted by Gasteiger charge is -2.15. The molecule has 15 nitrogen and oxygen atoms in total. The Bertz CT molecular complexity index is 1430. The van der Waals surface area contributed by atoms with Gasteiger partial charge in [-0.3, -0.25) is 19.2 Å². The maximum Gasteiger partial charge on any atom is 0.300 e. The summed E-state index contributed by atoms with van der Waals surface area (Å²) in [5.41, 5.74) is 16.0. The van der Waals surface area contributed by atoms with E-state index in [0.29, 0.717) is 0 Å². The van der Waals surface area contributed by atoms with Gasteiger partial charge < -0.3 is 27.2 Å². The van der Waals surface area contributed by atoms with Gasteiger partial charge in [-0.1, -0.05) is 0 Å². The standard InChI is InChI=1S/C15H15N11O4/c16-5(13(30)26-10-8(20-4-22-10)12(29)24-15(26)18)1-2-6(27)25-9-7(19-3-21-9)11(28)23-14(25)17/h3-5H,1-2,16H2,(H,19,21)(H,20,22)(H2,17,23,28)(H2,18,24,29). The van der Waals surface area contributed by atoms with Crippen molar-refractivity contribution < 1.29 is 9.59 Å². The zero-order valence-electron chi connectivity index (χ0n) is 15.2. The molecule has 0 bridgehead atoms. The van der Waals surface area contributed by atoms with E-state index in [2.05, 4.69) is 29.9 Å². The SMILES string of the molecule is Nc1nc(=O)c2[nH]cnc2n1C(=O)CCC(N)C(=O)n1c(N)nc(=O)c2[nH]cnc21. The van der Waals surface area contributed by atoms with E-state index in [9.17, 15) is 19.2 Å². The second-order valence-corrected chi connectivity index (χ2v) is 6.30. The summed E-state index contributed by atoms with van der Waals surface area (Å²) in [5.74, 6) is -1.99. The van der Waals surface area contributed by atoms with E-state index in [1.54, 1.807) is 0 Å². The van der Waals surface area contributed by atoms with Gasteiger partial charge in [-0.2, -0.15) is 9.97 Å². The number of carbonyl (C=O) groups is 2. The summed E-state index contributed by atoms with van der Waals surface area (Å²) < 4.78 is 1.87. The first kappa shape index (κ1) is 18.9. The highest BCUT2D eigenvalue weighted by molar-refractivity contribution is 5.94. The number of nitrogens with two attached hydrogens (primary N) is 3. The Morgan fingerprint density at radius 2 is 1.43 bits per heavy atom. The Labute approximate surface area is 164 Å². The van der Waals surface area contributed by atoms with Gasteiger partial charge in [0.2, 0.25) is 17.8 Å². The van der Waals surface area contributed by atoms with Gasteiger partial charge in [0.1, 0.15) is 0 Å². The van der Waals surface area contributed by atoms with E-state index in [0.717, 1.165) is 9.13 Å². The maximum absolute atomic E-state index is 12.8. The number of nitrogens with zero attached hydrogens (tertiary/aromatic N) is 6. The number of aromatic amines is 2. The molecule has 4 aromatic rings. The molecule has 4 heterocycles. The number of H-pyrrole nitrogens is 2. The normalized spacial score (nSPS) is 12.4. The van der Waals surface area contributed by atoms with Crippen molar-refractivity contribution in [1.29, 1.82) is 0 Å². The number of hydrogen-bond donors (Lipinski definition) is 5. The van der Waals surface area contributed by atoms with E-state index in [1.165, 1.54) is 12.7 Å². The van der Waals surface area contributed by atoms with Gasteiger partial charge >= 0.3 is 11.1 Å². The van der Waals surface area contributed by atoms with Crippen molar-refractivity contribution in [2.24, 2.45) is 5.73 Å². The predicted octanol–water partition coefficient (Wildman–Crippen LogP) is -2.19. The molecule has 0 radical (unpaired) electrons. The highest BCUT2D eigenvalue weighted by atomic mass is 16.2. The minimum atomic E-state index is -1.18. The first-order valence-electron chi connectivity index (χ1n) is 8.55. The fourth-order valence-electron chi connectivity index (χ4n) is 3.01. The van der Waals surface area contributed by atoms with Crippen LogP contribution in [-0.2, 0) is 0 Å². The number of carbonyl (C=O) groups excluding carboxylic acids is 2. The number of anilines is 2. The monoisotopic (exact) mass is 413 g/mol. The van der Waals surface area contributed by atoms with E-state index in [1.807, 2.05) is 0 Å². The van der Waals surface area contributed by atoms with Crippen molar-refractivity contribution in [3.05, 3.63) is 33.4 Å². The average molecular weight is 413 g/mol. The van der Waals surface area contributed by atoms with Crippen LogP contribution in [0, 0.1) is 0 Å². The molecule has 0 saturated heterocycles. The lowest BCUT2D eigenvalue weighted by molar-refractivity contribution is 0.0860. The van der Waals surface area contributed by atoms with E-state index in [4.69, 9.17) is 17.2 Å². The molecule has 15 heteroatoms. The van der Waals surface area contributed by atoms with Gasteiger partial charge in [0.15, 0.2) is 22.3 Å². The summed E-state index contributed by atoms with van der Waals surface area (Å²) in [6.07, 6.45) is 2.12. The van der Waals surface area contributed by atoms with Crippen LogP contribution in [-0.4, -0.2) is 56.9 Å². The minimum absolute atomic E-state index is 0.00569. The molecule has 0 aliphatic carbocycles. The molecule has 0 fully saturated rings. The van der Waals surface area contributed by atoms with E-state index in [-0.39, 0.29) is 47.1 Å². The van der Waals surface area contributed by atoms with Crippen molar-refractivity contribution in [3.8, 4) is 0 Å².